The van der Waals surface area contributed by atoms with Crippen LogP contribution in [-0.2, 0) is 6.54 Å². The average Bonchev–Trinajstić information content (AvgIpc) is 3.31. The van der Waals surface area contributed by atoms with Crippen LogP contribution in [0.5, 0.6) is 0 Å². The first kappa shape index (κ1) is 24.3. The predicted molar refractivity (Wildman–Crippen MR) is 142 cm³/mol. The minimum atomic E-state index is 0. The molecule has 4 rings (SSSR count). The number of thiophene rings is 1. The van der Waals surface area contributed by atoms with Gasteiger partial charge in [0.05, 0.1) is 0 Å². The number of aromatic nitrogens is 1. The van der Waals surface area contributed by atoms with Crippen LogP contribution in [-0.4, -0.2) is 73.1 Å². The Kier molecular flexibility index (Phi) is 9.86. The van der Waals surface area contributed by atoms with Crippen LogP contribution < -0.4 is 10.2 Å². The molecule has 2 aliphatic rings. The zero-order valence-corrected chi connectivity index (χ0v) is 21.6. The number of rotatable bonds is 6. The normalized spacial score (nSPS) is 20.4. The first-order valence-electron chi connectivity index (χ1n) is 11.3. The first-order chi connectivity index (χ1) is 14.8. The Bertz CT molecular complexity index is 777. The highest BCUT2D eigenvalue weighted by Crippen LogP contribution is 2.21. The van der Waals surface area contributed by atoms with Crippen LogP contribution in [0.3, 0.4) is 0 Å². The van der Waals surface area contributed by atoms with Crippen LogP contribution in [0.2, 0.25) is 0 Å². The molecule has 0 bridgehead atoms. The van der Waals surface area contributed by atoms with E-state index in [0.29, 0.717) is 5.92 Å². The molecule has 0 aliphatic carbocycles. The number of hydrogen-bond donors (Lipinski definition) is 1. The highest BCUT2D eigenvalue weighted by Gasteiger charge is 2.23. The number of pyridine rings is 1. The van der Waals surface area contributed by atoms with E-state index < -0.39 is 0 Å². The molecule has 31 heavy (non-hydrogen) atoms. The lowest BCUT2D eigenvalue weighted by Gasteiger charge is -2.37. The SMILES string of the molecule is CCNC(=NCC1CCCN(Cc2cccs2)C1)N1CCN(c2ccccn2)CC1.I. The zero-order valence-electron chi connectivity index (χ0n) is 18.4. The van der Waals surface area contributed by atoms with Gasteiger partial charge < -0.3 is 15.1 Å². The summed E-state index contributed by atoms with van der Waals surface area (Å²) in [5, 5.41) is 5.70. The summed E-state index contributed by atoms with van der Waals surface area (Å²) in [6.07, 6.45) is 4.45. The maximum atomic E-state index is 5.06. The third-order valence-electron chi connectivity index (χ3n) is 5.95. The largest absolute Gasteiger partial charge is 0.357 e. The van der Waals surface area contributed by atoms with Crippen molar-refractivity contribution in [3.05, 3.63) is 46.8 Å². The van der Waals surface area contributed by atoms with E-state index >= 15 is 0 Å². The summed E-state index contributed by atoms with van der Waals surface area (Å²) in [5.74, 6) is 2.81. The zero-order chi connectivity index (χ0) is 20.6. The Morgan fingerprint density at radius 3 is 2.74 bits per heavy atom. The fraction of sp³-hybridized carbons (Fsp3) is 0.565. The van der Waals surface area contributed by atoms with Gasteiger partial charge in [-0.2, -0.15) is 0 Å². The lowest BCUT2D eigenvalue weighted by atomic mass is 9.98. The van der Waals surface area contributed by atoms with E-state index in [0.717, 1.165) is 64.1 Å². The van der Waals surface area contributed by atoms with Gasteiger partial charge in [-0.15, -0.1) is 35.3 Å². The Hall–Kier alpha value is -1.39. The summed E-state index contributed by atoms with van der Waals surface area (Å²) in [6, 6.07) is 10.5. The van der Waals surface area contributed by atoms with Gasteiger partial charge in [0, 0.05) is 63.4 Å². The maximum Gasteiger partial charge on any atom is 0.194 e. The smallest absolute Gasteiger partial charge is 0.194 e. The van der Waals surface area contributed by atoms with E-state index in [1.807, 2.05) is 23.6 Å². The molecular formula is C23H35IN6S. The fourth-order valence-corrected chi connectivity index (χ4v) is 5.14. The third kappa shape index (κ3) is 7.05. The standard InChI is InChI=1S/C23H34N6S.HI/c1-2-24-23(29-14-12-28(13-15-29)22-9-3-4-10-25-22)26-17-20-7-5-11-27(18-20)19-21-8-6-16-30-21;/h3-4,6,8-10,16,20H,2,5,7,11-15,17-19H2,1H3,(H,24,26);1H. The number of piperidine rings is 1. The summed E-state index contributed by atoms with van der Waals surface area (Å²) < 4.78 is 0. The van der Waals surface area contributed by atoms with Crippen LogP contribution in [0.15, 0.2) is 46.9 Å². The first-order valence-corrected chi connectivity index (χ1v) is 12.1. The summed E-state index contributed by atoms with van der Waals surface area (Å²) >= 11 is 1.87. The number of aliphatic imine (C=N–C) groups is 1. The Labute approximate surface area is 207 Å². The molecule has 170 valence electrons. The van der Waals surface area contributed by atoms with Crippen molar-refractivity contribution in [1.29, 1.82) is 0 Å². The topological polar surface area (TPSA) is 47.0 Å². The quantitative estimate of drug-likeness (QED) is 0.335. The number of likely N-dealkylation sites (tertiary alicyclic amines) is 1. The van der Waals surface area contributed by atoms with E-state index in [1.54, 1.807) is 0 Å². The van der Waals surface area contributed by atoms with Gasteiger partial charge in [0.15, 0.2) is 5.96 Å². The van der Waals surface area contributed by atoms with Gasteiger partial charge in [-0.05, 0) is 55.8 Å². The second-order valence-corrected chi connectivity index (χ2v) is 9.21. The lowest BCUT2D eigenvalue weighted by molar-refractivity contribution is 0.172. The second kappa shape index (κ2) is 12.6. The molecule has 6 nitrogen and oxygen atoms in total. The highest BCUT2D eigenvalue weighted by atomic mass is 127. The summed E-state index contributed by atoms with van der Waals surface area (Å²) in [5.41, 5.74) is 0. The molecule has 4 heterocycles. The molecule has 2 fully saturated rings. The van der Waals surface area contributed by atoms with Crippen LogP contribution in [0.1, 0.15) is 24.6 Å². The van der Waals surface area contributed by atoms with Gasteiger partial charge in [-0.3, -0.25) is 9.89 Å². The van der Waals surface area contributed by atoms with Crippen LogP contribution >= 0.6 is 35.3 Å². The van der Waals surface area contributed by atoms with E-state index in [1.165, 1.54) is 24.3 Å². The van der Waals surface area contributed by atoms with E-state index in [9.17, 15) is 0 Å². The van der Waals surface area contributed by atoms with Gasteiger partial charge in [0.2, 0.25) is 0 Å². The third-order valence-corrected chi connectivity index (χ3v) is 6.81. The van der Waals surface area contributed by atoms with Crippen molar-refractivity contribution < 1.29 is 0 Å². The second-order valence-electron chi connectivity index (χ2n) is 8.18. The molecule has 2 saturated heterocycles. The summed E-state index contributed by atoms with van der Waals surface area (Å²) in [7, 11) is 0. The van der Waals surface area contributed by atoms with Crippen LogP contribution in [0.4, 0.5) is 5.82 Å². The molecular weight excluding hydrogens is 519 g/mol. The molecule has 2 aliphatic heterocycles. The molecule has 0 radical (unpaired) electrons. The molecule has 0 spiro atoms. The van der Waals surface area contributed by atoms with E-state index in [4.69, 9.17) is 4.99 Å². The van der Waals surface area contributed by atoms with Crippen LogP contribution in [0.25, 0.3) is 0 Å². The number of nitrogens with zero attached hydrogens (tertiary/aromatic N) is 5. The number of nitrogens with one attached hydrogen (secondary N) is 1. The molecule has 1 N–H and O–H groups in total. The van der Waals surface area contributed by atoms with Crippen molar-refractivity contribution in [3.63, 3.8) is 0 Å². The summed E-state index contributed by atoms with van der Waals surface area (Å²) in [4.78, 5) is 18.4. The van der Waals surface area contributed by atoms with Crippen molar-refractivity contribution in [3.8, 4) is 0 Å². The van der Waals surface area contributed by atoms with Gasteiger partial charge in [0.1, 0.15) is 5.82 Å². The molecule has 2 aromatic rings. The fourth-order valence-electron chi connectivity index (χ4n) is 4.40. The summed E-state index contributed by atoms with van der Waals surface area (Å²) in [6.45, 7) is 11.4. The molecule has 1 atom stereocenters. The molecule has 2 aromatic heterocycles. The van der Waals surface area contributed by atoms with E-state index in [2.05, 4.69) is 61.6 Å². The Morgan fingerprint density at radius 2 is 2.03 bits per heavy atom. The number of guanidine groups is 1. The van der Waals surface area contributed by atoms with Gasteiger partial charge >= 0.3 is 0 Å². The number of hydrogen-bond acceptors (Lipinski definition) is 5. The monoisotopic (exact) mass is 554 g/mol. The average molecular weight is 555 g/mol. The lowest BCUT2D eigenvalue weighted by Crippen LogP contribution is -2.53. The van der Waals surface area contributed by atoms with Gasteiger partial charge in [-0.25, -0.2) is 4.98 Å². The molecule has 0 saturated carbocycles. The molecule has 0 aromatic carbocycles. The van der Waals surface area contributed by atoms with Crippen LogP contribution in [0, 0.1) is 5.92 Å². The van der Waals surface area contributed by atoms with Crippen molar-refractivity contribution >= 4 is 47.1 Å². The minimum Gasteiger partial charge on any atom is -0.357 e. The molecule has 1 unspecified atom stereocenters. The minimum absolute atomic E-state index is 0. The Morgan fingerprint density at radius 1 is 1.16 bits per heavy atom. The molecule has 0 amide bonds. The highest BCUT2D eigenvalue weighted by molar-refractivity contribution is 14.0. The van der Waals surface area contributed by atoms with Crippen molar-refractivity contribution in [2.24, 2.45) is 10.9 Å². The van der Waals surface area contributed by atoms with Gasteiger partial charge in [-0.1, -0.05) is 12.1 Å². The molecule has 8 heteroatoms. The van der Waals surface area contributed by atoms with Crippen molar-refractivity contribution in [1.82, 2.24) is 20.1 Å². The van der Waals surface area contributed by atoms with Crippen molar-refractivity contribution in [2.45, 2.75) is 26.3 Å². The number of anilines is 1. The van der Waals surface area contributed by atoms with Gasteiger partial charge in [0.25, 0.3) is 0 Å². The van der Waals surface area contributed by atoms with Crippen molar-refractivity contribution in [2.75, 3.05) is 57.3 Å². The Balaban J connectivity index is 0.00000272. The number of piperazine rings is 1. The predicted octanol–water partition coefficient (Wildman–Crippen LogP) is 3.76. The maximum absolute atomic E-state index is 5.06. The number of halogens is 1. The van der Waals surface area contributed by atoms with E-state index in [-0.39, 0.29) is 24.0 Å².